The van der Waals surface area contributed by atoms with Crippen molar-refractivity contribution >= 4 is 0 Å². The van der Waals surface area contributed by atoms with Crippen LogP contribution < -0.4 is 10.1 Å². The van der Waals surface area contributed by atoms with Gasteiger partial charge in [-0.2, -0.15) is 0 Å². The van der Waals surface area contributed by atoms with Crippen molar-refractivity contribution in [3.05, 3.63) is 65.7 Å². The monoisotopic (exact) mass is 254 g/mol. The predicted octanol–water partition coefficient (Wildman–Crippen LogP) is 2.49. The SMILES string of the molecule is c1ccc(COc2ccccc2C[NH2+]C2CC2)cc1. The minimum absolute atomic E-state index is 0.640. The van der Waals surface area contributed by atoms with E-state index in [-0.39, 0.29) is 0 Å². The predicted molar refractivity (Wildman–Crippen MR) is 75.9 cm³/mol. The van der Waals surface area contributed by atoms with Crippen LogP contribution in [0.25, 0.3) is 0 Å². The van der Waals surface area contributed by atoms with Gasteiger partial charge in [0.2, 0.25) is 0 Å². The lowest BCUT2D eigenvalue weighted by atomic mass is 10.2. The van der Waals surface area contributed by atoms with Crippen molar-refractivity contribution < 1.29 is 10.1 Å². The number of benzene rings is 2. The van der Waals surface area contributed by atoms with E-state index in [4.69, 9.17) is 4.74 Å². The smallest absolute Gasteiger partial charge is 0.128 e. The van der Waals surface area contributed by atoms with Gasteiger partial charge in [-0.3, -0.25) is 0 Å². The van der Waals surface area contributed by atoms with Crippen molar-refractivity contribution in [3.8, 4) is 5.75 Å². The summed E-state index contributed by atoms with van der Waals surface area (Å²) in [5.41, 5.74) is 2.51. The van der Waals surface area contributed by atoms with Crippen LogP contribution in [0.15, 0.2) is 54.6 Å². The van der Waals surface area contributed by atoms with E-state index >= 15 is 0 Å². The van der Waals surface area contributed by atoms with Crippen LogP contribution in [0.3, 0.4) is 0 Å². The van der Waals surface area contributed by atoms with Crippen molar-refractivity contribution in [1.29, 1.82) is 0 Å². The van der Waals surface area contributed by atoms with E-state index in [0.29, 0.717) is 6.61 Å². The first-order valence-electron chi connectivity index (χ1n) is 7.00. The molecule has 0 aromatic heterocycles. The Hall–Kier alpha value is -1.80. The Morgan fingerprint density at radius 3 is 2.47 bits per heavy atom. The minimum Gasteiger partial charge on any atom is -0.488 e. The first-order chi connectivity index (χ1) is 9.42. The highest BCUT2D eigenvalue weighted by Crippen LogP contribution is 2.19. The maximum Gasteiger partial charge on any atom is 0.128 e. The van der Waals surface area contributed by atoms with Gasteiger partial charge >= 0.3 is 0 Å². The second-order valence-corrected chi connectivity index (χ2v) is 5.16. The average molecular weight is 254 g/mol. The number of quaternary nitrogens is 1. The van der Waals surface area contributed by atoms with Crippen molar-refractivity contribution in [1.82, 2.24) is 0 Å². The van der Waals surface area contributed by atoms with E-state index in [9.17, 15) is 0 Å². The number of rotatable bonds is 6. The van der Waals surface area contributed by atoms with E-state index < -0.39 is 0 Å². The molecule has 0 bridgehead atoms. The van der Waals surface area contributed by atoms with Crippen LogP contribution in [0.4, 0.5) is 0 Å². The molecule has 0 unspecified atom stereocenters. The van der Waals surface area contributed by atoms with E-state index in [1.54, 1.807) is 0 Å². The van der Waals surface area contributed by atoms with Gasteiger partial charge in [0.15, 0.2) is 0 Å². The molecule has 0 amide bonds. The molecule has 0 atom stereocenters. The van der Waals surface area contributed by atoms with Crippen LogP contribution in [0.1, 0.15) is 24.0 Å². The number of nitrogens with two attached hydrogens (primary N) is 1. The van der Waals surface area contributed by atoms with Crippen LogP contribution in [0.2, 0.25) is 0 Å². The van der Waals surface area contributed by atoms with Gasteiger partial charge in [0.1, 0.15) is 18.9 Å². The zero-order chi connectivity index (χ0) is 12.9. The van der Waals surface area contributed by atoms with Crippen LogP contribution in [-0.2, 0) is 13.2 Å². The minimum atomic E-state index is 0.640. The lowest BCUT2D eigenvalue weighted by Crippen LogP contribution is -2.84. The third-order valence-corrected chi connectivity index (χ3v) is 3.50. The molecule has 2 heteroatoms. The van der Waals surface area contributed by atoms with E-state index in [1.165, 1.54) is 24.0 Å². The maximum atomic E-state index is 5.96. The van der Waals surface area contributed by atoms with Gasteiger partial charge in [0, 0.05) is 18.4 Å². The molecule has 2 aromatic carbocycles. The molecule has 0 heterocycles. The van der Waals surface area contributed by atoms with E-state index in [2.05, 4.69) is 35.6 Å². The summed E-state index contributed by atoms with van der Waals surface area (Å²) in [5, 5.41) is 2.42. The summed E-state index contributed by atoms with van der Waals surface area (Å²) >= 11 is 0. The van der Waals surface area contributed by atoms with Gasteiger partial charge < -0.3 is 10.1 Å². The Bertz CT molecular complexity index is 520. The largest absolute Gasteiger partial charge is 0.488 e. The summed E-state index contributed by atoms with van der Waals surface area (Å²) in [6.45, 7) is 1.66. The van der Waals surface area contributed by atoms with Gasteiger partial charge in [0.25, 0.3) is 0 Å². The Labute approximate surface area is 114 Å². The Kier molecular flexibility index (Phi) is 3.80. The zero-order valence-corrected chi connectivity index (χ0v) is 11.1. The summed E-state index contributed by atoms with van der Waals surface area (Å²) in [6, 6.07) is 19.5. The number of hydrogen-bond donors (Lipinski definition) is 1. The van der Waals surface area contributed by atoms with Crippen LogP contribution in [0.5, 0.6) is 5.75 Å². The van der Waals surface area contributed by atoms with Crippen molar-refractivity contribution in [2.45, 2.75) is 32.0 Å². The Morgan fingerprint density at radius 2 is 1.68 bits per heavy atom. The second kappa shape index (κ2) is 5.89. The maximum absolute atomic E-state index is 5.96. The van der Waals surface area contributed by atoms with Crippen LogP contribution in [0, 0.1) is 0 Å². The fourth-order valence-corrected chi connectivity index (χ4v) is 2.17. The first kappa shape index (κ1) is 12.2. The molecule has 2 aromatic rings. The molecule has 1 saturated carbocycles. The lowest BCUT2D eigenvalue weighted by Gasteiger charge is -2.10. The zero-order valence-electron chi connectivity index (χ0n) is 11.1. The summed E-state index contributed by atoms with van der Waals surface area (Å²) in [4.78, 5) is 0. The van der Waals surface area contributed by atoms with Crippen LogP contribution >= 0.6 is 0 Å². The molecule has 1 aliphatic carbocycles. The van der Waals surface area contributed by atoms with Crippen molar-refractivity contribution in [2.75, 3.05) is 0 Å². The van der Waals surface area contributed by atoms with Gasteiger partial charge in [-0.05, 0) is 17.7 Å². The molecule has 0 aliphatic heterocycles. The third kappa shape index (κ3) is 3.58. The topological polar surface area (TPSA) is 25.8 Å². The summed E-state index contributed by atoms with van der Waals surface area (Å²) in [6.07, 6.45) is 2.74. The highest BCUT2D eigenvalue weighted by molar-refractivity contribution is 5.32. The van der Waals surface area contributed by atoms with Gasteiger partial charge in [-0.1, -0.05) is 42.5 Å². The van der Waals surface area contributed by atoms with Crippen molar-refractivity contribution in [3.63, 3.8) is 0 Å². The molecule has 0 saturated heterocycles. The van der Waals surface area contributed by atoms with E-state index in [1.807, 2.05) is 24.3 Å². The second-order valence-electron chi connectivity index (χ2n) is 5.16. The van der Waals surface area contributed by atoms with Gasteiger partial charge in [-0.15, -0.1) is 0 Å². The highest BCUT2D eigenvalue weighted by Gasteiger charge is 2.25. The third-order valence-electron chi connectivity index (χ3n) is 3.50. The van der Waals surface area contributed by atoms with Crippen molar-refractivity contribution in [2.24, 2.45) is 0 Å². The highest BCUT2D eigenvalue weighted by atomic mass is 16.5. The number of ether oxygens (including phenoxy) is 1. The molecule has 19 heavy (non-hydrogen) atoms. The number of hydrogen-bond acceptors (Lipinski definition) is 1. The van der Waals surface area contributed by atoms with Crippen LogP contribution in [-0.4, -0.2) is 6.04 Å². The molecule has 2 nitrogen and oxygen atoms in total. The fraction of sp³-hybridized carbons (Fsp3) is 0.294. The quantitative estimate of drug-likeness (QED) is 0.842. The molecule has 3 rings (SSSR count). The van der Waals surface area contributed by atoms with Gasteiger partial charge in [-0.25, -0.2) is 0 Å². The van der Waals surface area contributed by atoms with E-state index in [0.717, 1.165) is 18.3 Å². The average Bonchev–Trinajstić information content (AvgIpc) is 3.29. The molecule has 1 aliphatic rings. The number of para-hydroxylation sites is 1. The summed E-state index contributed by atoms with van der Waals surface area (Å²) < 4.78 is 5.96. The Morgan fingerprint density at radius 1 is 0.947 bits per heavy atom. The molecule has 1 fully saturated rings. The summed E-state index contributed by atoms with van der Waals surface area (Å²) in [5.74, 6) is 1.02. The molecule has 2 N–H and O–H groups in total. The molecule has 0 spiro atoms. The first-order valence-corrected chi connectivity index (χ1v) is 7.00. The molecular formula is C17H20NO+. The Balaban J connectivity index is 1.62. The fourth-order valence-electron chi connectivity index (χ4n) is 2.17. The summed E-state index contributed by atoms with van der Waals surface area (Å²) in [7, 11) is 0. The van der Waals surface area contributed by atoms with Gasteiger partial charge in [0.05, 0.1) is 6.04 Å². The lowest BCUT2D eigenvalue weighted by molar-refractivity contribution is -0.683. The standard InChI is InChI=1S/C17H19NO/c1-2-6-14(7-3-1)13-19-17-9-5-4-8-15(17)12-18-16-10-11-16/h1-9,16,18H,10-13H2/p+1. The molecule has 98 valence electrons. The molecule has 0 radical (unpaired) electrons. The normalized spacial score (nSPS) is 14.3. The molecular weight excluding hydrogens is 234 g/mol.